The third-order valence-electron chi connectivity index (χ3n) is 4.72. The third kappa shape index (κ3) is 2.31. The molecule has 84 valence electrons. The summed E-state index contributed by atoms with van der Waals surface area (Å²) in [6, 6.07) is 0. The van der Waals surface area contributed by atoms with Crippen LogP contribution in [0.1, 0.15) is 53.9 Å². The lowest BCUT2D eigenvalue weighted by Gasteiger charge is -2.43. The van der Waals surface area contributed by atoms with Crippen molar-refractivity contribution in [2.75, 3.05) is 0 Å². The molecule has 0 saturated heterocycles. The summed E-state index contributed by atoms with van der Waals surface area (Å²) in [6.45, 7) is 11.5. The summed E-state index contributed by atoms with van der Waals surface area (Å²) in [4.78, 5) is 0. The lowest BCUT2D eigenvalue weighted by Crippen LogP contribution is -2.50. The number of nitrogens with two attached hydrogens (primary N) is 1. The highest BCUT2D eigenvalue weighted by molar-refractivity contribution is 4.93. The van der Waals surface area contributed by atoms with Gasteiger partial charge in [-0.25, -0.2) is 0 Å². The van der Waals surface area contributed by atoms with Crippen LogP contribution in [-0.4, -0.2) is 5.54 Å². The fraction of sp³-hybridized carbons (Fsp3) is 1.00. The minimum atomic E-state index is 0.0361. The largest absolute Gasteiger partial charge is 0.325 e. The zero-order valence-corrected chi connectivity index (χ0v) is 10.5. The average Bonchev–Trinajstić information content (AvgIpc) is 2.09. The summed E-state index contributed by atoms with van der Waals surface area (Å²) in [5.41, 5.74) is 6.48. The van der Waals surface area contributed by atoms with E-state index < -0.39 is 0 Å². The van der Waals surface area contributed by atoms with E-state index in [9.17, 15) is 0 Å². The number of rotatable bonds is 2. The Kier molecular flexibility index (Phi) is 3.63. The molecular weight excluding hydrogens is 170 g/mol. The smallest absolute Gasteiger partial charge is 0.0177 e. The highest BCUT2D eigenvalue weighted by atomic mass is 14.8. The molecule has 4 atom stereocenters. The van der Waals surface area contributed by atoms with Crippen LogP contribution in [0.4, 0.5) is 0 Å². The molecule has 0 heterocycles. The molecule has 1 rings (SSSR count). The van der Waals surface area contributed by atoms with E-state index in [1.165, 1.54) is 19.3 Å². The maximum absolute atomic E-state index is 6.44. The molecule has 14 heavy (non-hydrogen) atoms. The van der Waals surface area contributed by atoms with Crippen LogP contribution in [0.25, 0.3) is 0 Å². The van der Waals surface area contributed by atoms with Crippen LogP contribution in [0.3, 0.4) is 0 Å². The van der Waals surface area contributed by atoms with Crippen LogP contribution < -0.4 is 5.73 Å². The Labute approximate surface area is 89.5 Å². The van der Waals surface area contributed by atoms with Crippen LogP contribution >= 0.6 is 0 Å². The third-order valence-corrected chi connectivity index (χ3v) is 4.72. The Morgan fingerprint density at radius 1 is 1.14 bits per heavy atom. The zero-order chi connectivity index (χ0) is 10.9. The Bertz CT molecular complexity index is 184. The zero-order valence-electron chi connectivity index (χ0n) is 10.5. The van der Waals surface area contributed by atoms with Gasteiger partial charge in [0, 0.05) is 5.54 Å². The molecule has 0 amide bonds. The molecule has 1 heteroatoms. The molecule has 1 saturated carbocycles. The van der Waals surface area contributed by atoms with Crippen molar-refractivity contribution in [2.45, 2.75) is 59.4 Å². The standard InChI is InChI=1S/C13H27N/c1-9(2)13(5,14)12-7-6-10(3)11(4)8-12/h9-12H,6-8,14H2,1-5H3. The van der Waals surface area contributed by atoms with E-state index in [4.69, 9.17) is 5.73 Å². The highest BCUT2D eigenvalue weighted by Gasteiger charge is 2.37. The van der Waals surface area contributed by atoms with Crippen LogP contribution in [0.5, 0.6) is 0 Å². The van der Waals surface area contributed by atoms with Crippen LogP contribution in [-0.2, 0) is 0 Å². The van der Waals surface area contributed by atoms with Gasteiger partial charge in [-0.3, -0.25) is 0 Å². The van der Waals surface area contributed by atoms with E-state index in [2.05, 4.69) is 34.6 Å². The molecule has 2 N–H and O–H groups in total. The van der Waals surface area contributed by atoms with Gasteiger partial charge in [-0.15, -0.1) is 0 Å². The van der Waals surface area contributed by atoms with Gasteiger partial charge in [0.1, 0.15) is 0 Å². The molecule has 0 bridgehead atoms. The molecule has 1 aliphatic carbocycles. The molecule has 0 aliphatic heterocycles. The van der Waals surface area contributed by atoms with Gasteiger partial charge in [0.25, 0.3) is 0 Å². The Morgan fingerprint density at radius 3 is 2.14 bits per heavy atom. The van der Waals surface area contributed by atoms with Crippen LogP contribution in [0, 0.1) is 23.7 Å². The topological polar surface area (TPSA) is 26.0 Å². The quantitative estimate of drug-likeness (QED) is 0.721. The van der Waals surface area contributed by atoms with Crippen molar-refractivity contribution >= 4 is 0 Å². The van der Waals surface area contributed by atoms with Crippen molar-refractivity contribution in [3.63, 3.8) is 0 Å². The van der Waals surface area contributed by atoms with Gasteiger partial charge in [0.05, 0.1) is 0 Å². The van der Waals surface area contributed by atoms with Crippen molar-refractivity contribution in [2.24, 2.45) is 29.4 Å². The fourth-order valence-corrected chi connectivity index (χ4v) is 2.58. The first-order chi connectivity index (χ1) is 6.35. The Morgan fingerprint density at radius 2 is 1.71 bits per heavy atom. The van der Waals surface area contributed by atoms with Crippen molar-refractivity contribution in [1.82, 2.24) is 0 Å². The molecule has 0 spiro atoms. The van der Waals surface area contributed by atoms with Crippen LogP contribution in [0.2, 0.25) is 0 Å². The molecular formula is C13H27N. The maximum Gasteiger partial charge on any atom is 0.0177 e. The van der Waals surface area contributed by atoms with Gasteiger partial charge < -0.3 is 5.73 Å². The van der Waals surface area contributed by atoms with Crippen molar-refractivity contribution in [3.8, 4) is 0 Å². The molecule has 1 fully saturated rings. The van der Waals surface area contributed by atoms with Gasteiger partial charge in [-0.2, -0.15) is 0 Å². The highest BCUT2D eigenvalue weighted by Crippen LogP contribution is 2.40. The van der Waals surface area contributed by atoms with Gasteiger partial charge in [-0.1, -0.05) is 34.1 Å². The van der Waals surface area contributed by atoms with E-state index in [-0.39, 0.29) is 5.54 Å². The average molecular weight is 197 g/mol. The summed E-state index contributed by atoms with van der Waals surface area (Å²) in [7, 11) is 0. The van der Waals surface area contributed by atoms with Crippen molar-refractivity contribution < 1.29 is 0 Å². The van der Waals surface area contributed by atoms with Crippen molar-refractivity contribution in [1.29, 1.82) is 0 Å². The van der Waals surface area contributed by atoms with E-state index in [0.717, 1.165) is 17.8 Å². The second kappa shape index (κ2) is 4.22. The summed E-state index contributed by atoms with van der Waals surface area (Å²) in [6.07, 6.45) is 4.02. The predicted octanol–water partition coefficient (Wildman–Crippen LogP) is 3.43. The minimum absolute atomic E-state index is 0.0361. The van der Waals surface area contributed by atoms with Gasteiger partial charge in [-0.05, 0) is 43.4 Å². The Hall–Kier alpha value is -0.0400. The fourth-order valence-electron chi connectivity index (χ4n) is 2.58. The molecule has 4 unspecified atom stereocenters. The molecule has 1 aliphatic rings. The van der Waals surface area contributed by atoms with Gasteiger partial charge in [0.15, 0.2) is 0 Å². The van der Waals surface area contributed by atoms with E-state index >= 15 is 0 Å². The SMILES string of the molecule is CC1CCC(C(C)(N)C(C)C)CC1C. The monoisotopic (exact) mass is 197 g/mol. The molecule has 1 nitrogen and oxygen atoms in total. The molecule has 0 radical (unpaired) electrons. The number of hydrogen-bond acceptors (Lipinski definition) is 1. The maximum atomic E-state index is 6.44. The van der Waals surface area contributed by atoms with E-state index in [1.807, 2.05) is 0 Å². The van der Waals surface area contributed by atoms with E-state index in [0.29, 0.717) is 5.92 Å². The first-order valence-electron chi connectivity index (χ1n) is 6.14. The lowest BCUT2D eigenvalue weighted by molar-refractivity contribution is 0.113. The predicted molar refractivity (Wildman–Crippen MR) is 63.1 cm³/mol. The minimum Gasteiger partial charge on any atom is -0.325 e. The lowest BCUT2D eigenvalue weighted by atomic mass is 9.66. The van der Waals surface area contributed by atoms with Gasteiger partial charge >= 0.3 is 0 Å². The Balaban J connectivity index is 2.62. The molecule has 0 aromatic rings. The second-order valence-corrected chi connectivity index (χ2v) is 5.99. The van der Waals surface area contributed by atoms with E-state index in [1.54, 1.807) is 0 Å². The first-order valence-corrected chi connectivity index (χ1v) is 6.14. The molecule has 0 aromatic carbocycles. The van der Waals surface area contributed by atoms with Crippen LogP contribution in [0.15, 0.2) is 0 Å². The second-order valence-electron chi connectivity index (χ2n) is 5.99. The molecule has 0 aromatic heterocycles. The normalized spacial score (nSPS) is 38.4. The summed E-state index contributed by atoms with van der Waals surface area (Å²) in [5, 5.41) is 0. The van der Waals surface area contributed by atoms with Gasteiger partial charge in [0.2, 0.25) is 0 Å². The first kappa shape index (κ1) is 12.0. The summed E-state index contributed by atoms with van der Waals surface area (Å²) >= 11 is 0. The van der Waals surface area contributed by atoms with Crippen molar-refractivity contribution in [3.05, 3.63) is 0 Å². The summed E-state index contributed by atoms with van der Waals surface area (Å²) < 4.78 is 0. The summed E-state index contributed by atoms with van der Waals surface area (Å²) in [5.74, 6) is 3.08. The number of hydrogen-bond donors (Lipinski definition) is 1.